The van der Waals surface area contributed by atoms with Crippen LogP contribution < -0.4 is 10.1 Å². The van der Waals surface area contributed by atoms with Crippen molar-refractivity contribution in [2.45, 2.75) is 0 Å². The molecule has 0 aliphatic heterocycles. The van der Waals surface area contributed by atoms with Crippen LogP contribution in [0.2, 0.25) is 0 Å². The van der Waals surface area contributed by atoms with Gasteiger partial charge in [-0.3, -0.25) is 0 Å². The number of nitrogens with zero attached hydrogens (tertiary/aromatic N) is 3. The molecule has 1 aromatic heterocycles. The Balaban J connectivity index is 1.92. The highest BCUT2D eigenvalue weighted by molar-refractivity contribution is 5.65. The van der Waals surface area contributed by atoms with Gasteiger partial charge in [-0.2, -0.15) is 5.26 Å². The molecule has 0 aliphatic rings. The van der Waals surface area contributed by atoms with E-state index in [4.69, 9.17) is 4.74 Å². The minimum Gasteiger partial charge on any atom is -0.495 e. The third-order valence-corrected chi connectivity index (χ3v) is 3.30. The molecule has 3 rings (SSSR count). The summed E-state index contributed by atoms with van der Waals surface area (Å²) in [7, 11) is 1.54. The number of para-hydroxylation sites is 1. The first-order valence-corrected chi connectivity index (χ1v) is 7.04. The SMILES string of the molecule is COc1ccc(-c2ccnc(Nc3ccccc3)n2)cc1C#N. The molecule has 0 saturated heterocycles. The second kappa shape index (κ2) is 6.58. The Kier molecular flexibility index (Phi) is 4.16. The lowest BCUT2D eigenvalue weighted by Gasteiger charge is -2.08. The first-order valence-electron chi connectivity index (χ1n) is 7.04. The van der Waals surface area contributed by atoms with Gasteiger partial charge in [0.25, 0.3) is 0 Å². The number of rotatable bonds is 4. The van der Waals surface area contributed by atoms with Crippen LogP contribution >= 0.6 is 0 Å². The molecular formula is C18H14N4O. The van der Waals surface area contributed by atoms with E-state index in [-0.39, 0.29) is 0 Å². The third kappa shape index (κ3) is 3.27. The highest BCUT2D eigenvalue weighted by Crippen LogP contribution is 2.25. The fraction of sp³-hybridized carbons (Fsp3) is 0.0556. The van der Waals surface area contributed by atoms with Gasteiger partial charge in [0.2, 0.25) is 5.95 Å². The van der Waals surface area contributed by atoms with Gasteiger partial charge in [0.15, 0.2) is 0 Å². The summed E-state index contributed by atoms with van der Waals surface area (Å²) in [5.74, 6) is 1.05. The molecule has 0 aliphatic carbocycles. The minimum absolute atomic E-state index is 0.473. The smallest absolute Gasteiger partial charge is 0.227 e. The summed E-state index contributed by atoms with van der Waals surface area (Å²) < 4.78 is 5.16. The predicted octanol–water partition coefficient (Wildman–Crippen LogP) is 3.77. The Morgan fingerprint density at radius 2 is 1.91 bits per heavy atom. The molecule has 0 amide bonds. The van der Waals surface area contributed by atoms with Gasteiger partial charge in [0, 0.05) is 17.4 Å². The first-order chi connectivity index (χ1) is 11.3. The summed E-state index contributed by atoms with van der Waals surface area (Å²) >= 11 is 0. The zero-order chi connectivity index (χ0) is 16.1. The van der Waals surface area contributed by atoms with E-state index in [0.29, 0.717) is 17.3 Å². The molecule has 0 atom stereocenters. The molecule has 5 nitrogen and oxygen atoms in total. The molecule has 1 N–H and O–H groups in total. The Morgan fingerprint density at radius 1 is 1.09 bits per heavy atom. The lowest BCUT2D eigenvalue weighted by molar-refractivity contribution is 0.413. The highest BCUT2D eigenvalue weighted by atomic mass is 16.5. The van der Waals surface area contributed by atoms with E-state index in [0.717, 1.165) is 16.9 Å². The molecular weight excluding hydrogens is 288 g/mol. The molecule has 0 saturated carbocycles. The quantitative estimate of drug-likeness (QED) is 0.794. The number of hydrogen-bond acceptors (Lipinski definition) is 5. The van der Waals surface area contributed by atoms with E-state index in [1.807, 2.05) is 36.4 Å². The number of methoxy groups -OCH3 is 1. The first kappa shape index (κ1) is 14.5. The van der Waals surface area contributed by atoms with Gasteiger partial charge >= 0.3 is 0 Å². The number of anilines is 2. The van der Waals surface area contributed by atoms with Crippen LogP contribution in [-0.2, 0) is 0 Å². The lowest BCUT2D eigenvalue weighted by Crippen LogP contribution is -1.98. The number of aromatic nitrogens is 2. The summed E-state index contributed by atoms with van der Waals surface area (Å²) in [6.07, 6.45) is 1.68. The van der Waals surface area contributed by atoms with Gasteiger partial charge < -0.3 is 10.1 Å². The monoisotopic (exact) mass is 302 g/mol. The van der Waals surface area contributed by atoms with Crippen molar-refractivity contribution in [2.75, 3.05) is 12.4 Å². The molecule has 0 fully saturated rings. The van der Waals surface area contributed by atoms with Gasteiger partial charge in [-0.1, -0.05) is 18.2 Å². The molecule has 2 aromatic carbocycles. The second-order valence-corrected chi connectivity index (χ2v) is 4.78. The van der Waals surface area contributed by atoms with Gasteiger partial charge in [-0.15, -0.1) is 0 Å². The maximum Gasteiger partial charge on any atom is 0.227 e. The normalized spacial score (nSPS) is 9.91. The van der Waals surface area contributed by atoms with E-state index < -0.39 is 0 Å². The standard InChI is InChI=1S/C18H14N4O/c1-23-17-8-7-13(11-14(17)12-19)16-9-10-20-18(22-16)21-15-5-3-2-4-6-15/h2-11H,1H3,(H,20,21,22). The number of nitriles is 1. The maximum atomic E-state index is 9.20. The van der Waals surface area contributed by atoms with E-state index in [1.54, 1.807) is 31.5 Å². The van der Waals surface area contributed by atoms with Crippen molar-refractivity contribution in [2.24, 2.45) is 0 Å². The van der Waals surface area contributed by atoms with Gasteiger partial charge in [0.1, 0.15) is 11.8 Å². The van der Waals surface area contributed by atoms with E-state index in [1.165, 1.54) is 0 Å². The van der Waals surface area contributed by atoms with Crippen molar-refractivity contribution >= 4 is 11.6 Å². The molecule has 5 heteroatoms. The molecule has 0 spiro atoms. The summed E-state index contributed by atoms with van der Waals surface area (Å²) in [5, 5.41) is 12.3. The molecule has 0 bridgehead atoms. The zero-order valence-corrected chi connectivity index (χ0v) is 12.5. The Bertz CT molecular complexity index is 856. The fourth-order valence-corrected chi connectivity index (χ4v) is 2.18. The van der Waals surface area contributed by atoms with Crippen molar-refractivity contribution < 1.29 is 4.74 Å². The van der Waals surface area contributed by atoms with E-state index >= 15 is 0 Å². The summed E-state index contributed by atoms with van der Waals surface area (Å²) in [6.45, 7) is 0. The van der Waals surface area contributed by atoms with Crippen molar-refractivity contribution in [1.29, 1.82) is 5.26 Å². The van der Waals surface area contributed by atoms with E-state index in [2.05, 4.69) is 21.4 Å². The van der Waals surface area contributed by atoms with Gasteiger partial charge in [0.05, 0.1) is 18.4 Å². The average Bonchev–Trinajstić information content (AvgIpc) is 2.62. The molecule has 0 unspecified atom stereocenters. The Morgan fingerprint density at radius 3 is 2.65 bits per heavy atom. The van der Waals surface area contributed by atoms with Crippen LogP contribution in [0.15, 0.2) is 60.8 Å². The van der Waals surface area contributed by atoms with Crippen molar-refractivity contribution in [1.82, 2.24) is 9.97 Å². The predicted molar refractivity (Wildman–Crippen MR) is 88.5 cm³/mol. The number of ether oxygens (including phenoxy) is 1. The Labute approximate surface area is 134 Å². The molecule has 112 valence electrons. The molecule has 0 radical (unpaired) electrons. The molecule has 1 heterocycles. The summed E-state index contributed by atoms with van der Waals surface area (Å²) in [6, 6.07) is 19.0. The van der Waals surface area contributed by atoms with Crippen LogP contribution in [0.4, 0.5) is 11.6 Å². The van der Waals surface area contributed by atoms with Gasteiger partial charge in [-0.05, 0) is 36.4 Å². The lowest BCUT2D eigenvalue weighted by atomic mass is 10.1. The average molecular weight is 302 g/mol. The molecule has 23 heavy (non-hydrogen) atoms. The molecule has 3 aromatic rings. The van der Waals surface area contributed by atoms with Crippen LogP contribution in [0.1, 0.15) is 5.56 Å². The van der Waals surface area contributed by atoms with Crippen LogP contribution in [0.3, 0.4) is 0 Å². The maximum absolute atomic E-state index is 9.20. The zero-order valence-electron chi connectivity index (χ0n) is 12.5. The largest absolute Gasteiger partial charge is 0.495 e. The van der Waals surface area contributed by atoms with Crippen LogP contribution in [0, 0.1) is 11.3 Å². The van der Waals surface area contributed by atoms with Crippen LogP contribution in [0.5, 0.6) is 5.75 Å². The summed E-state index contributed by atoms with van der Waals surface area (Å²) in [4.78, 5) is 8.72. The minimum atomic E-state index is 0.473. The van der Waals surface area contributed by atoms with Crippen LogP contribution in [-0.4, -0.2) is 17.1 Å². The second-order valence-electron chi connectivity index (χ2n) is 4.78. The summed E-state index contributed by atoms with van der Waals surface area (Å²) in [5.41, 5.74) is 2.96. The van der Waals surface area contributed by atoms with E-state index in [9.17, 15) is 5.26 Å². The number of benzene rings is 2. The van der Waals surface area contributed by atoms with Crippen molar-refractivity contribution in [3.05, 3.63) is 66.4 Å². The number of nitrogens with one attached hydrogen (secondary N) is 1. The van der Waals surface area contributed by atoms with Crippen molar-refractivity contribution in [3.8, 4) is 23.1 Å². The topological polar surface area (TPSA) is 70.8 Å². The Hall–Kier alpha value is -3.39. The van der Waals surface area contributed by atoms with Crippen molar-refractivity contribution in [3.63, 3.8) is 0 Å². The highest BCUT2D eigenvalue weighted by Gasteiger charge is 2.07. The van der Waals surface area contributed by atoms with Crippen LogP contribution in [0.25, 0.3) is 11.3 Å². The number of hydrogen-bond donors (Lipinski definition) is 1. The third-order valence-electron chi connectivity index (χ3n) is 3.30. The fourth-order valence-electron chi connectivity index (χ4n) is 2.18. The van der Waals surface area contributed by atoms with Gasteiger partial charge in [-0.25, -0.2) is 9.97 Å².